The van der Waals surface area contributed by atoms with Crippen LogP contribution >= 0.6 is 0 Å². The van der Waals surface area contributed by atoms with Gasteiger partial charge in [-0.25, -0.2) is 0 Å². The fourth-order valence-electron chi connectivity index (χ4n) is 4.25. The van der Waals surface area contributed by atoms with E-state index in [-0.39, 0.29) is 5.41 Å². The molecule has 2 aliphatic rings. The van der Waals surface area contributed by atoms with Crippen LogP contribution in [0.2, 0.25) is 0 Å². The summed E-state index contributed by atoms with van der Waals surface area (Å²) in [4.78, 5) is 0. The first-order chi connectivity index (χ1) is 7.83. The summed E-state index contributed by atoms with van der Waals surface area (Å²) in [6.07, 6.45) is 5.17. The Kier molecular flexibility index (Phi) is 3.18. The van der Waals surface area contributed by atoms with E-state index in [0.29, 0.717) is 23.9 Å². The predicted molar refractivity (Wildman–Crippen MR) is 72.8 cm³/mol. The van der Waals surface area contributed by atoms with Crippen molar-refractivity contribution in [2.75, 3.05) is 6.61 Å². The molecule has 2 aliphatic carbocycles. The van der Waals surface area contributed by atoms with E-state index in [4.69, 9.17) is 0 Å². The molecular weight excluding hydrogens is 208 g/mol. The summed E-state index contributed by atoms with van der Waals surface area (Å²) in [5, 5.41) is 9.83. The Morgan fingerprint density at radius 3 is 2.47 bits per heavy atom. The summed E-state index contributed by atoms with van der Waals surface area (Å²) >= 11 is 0. The van der Waals surface area contributed by atoms with Crippen LogP contribution in [0, 0.1) is 22.7 Å². The van der Waals surface area contributed by atoms with Gasteiger partial charge in [-0.3, -0.25) is 0 Å². The lowest BCUT2D eigenvalue weighted by molar-refractivity contribution is 0.0245. The lowest BCUT2D eigenvalue weighted by Gasteiger charge is -2.52. The van der Waals surface area contributed by atoms with Gasteiger partial charge in [-0.2, -0.15) is 0 Å². The number of allylic oxidation sites excluding steroid dienone is 2. The molecule has 0 aliphatic heterocycles. The molecule has 2 rings (SSSR count). The van der Waals surface area contributed by atoms with Gasteiger partial charge in [-0.15, -0.1) is 0 Å². The van der Waals surface area contributed by atoms with E-state index in [1.807, 2.05) is 0 Å². The molecule has 1 heteroatoms. The standard InChI is InChI=1S/C16H28O/c1-11-9-13-7-6-8-15(3,4)14(13)12(2)16(11,5)10-17/h11-12,17H,6-10H2,1-5H3. The monoisotopic (exact) mass is 236 g/mol. The molecular formula is C16H28O. The largest absolute Gasteiger partial charge is 0.396 e. The highest BCUT2D eigenvalue weighted by molar-refractivity contribution is 5.31. The molecule has 1 N–H and O–H groups in total. The second-order valence-corrected chi connectivity index (χ2v) is 7.25. The number of aliphatic hydroxyl groups excluding tert-OH is 1. The first-order valence-corrected chi connectivity index (χ1v) is 7.16. The Hall–Kier alpha value is -0.300. The molecule has 0 radical (unpaired) electrons. The van der Waals surface area contributed by atoms with Crippen molar-refractivity contribution in [3.8, 4) is 0 Å². The average molecular weight is 236 g/mol. The predicted octanol–water partition coefficient (Wildman–Crippen LogP) is 4.17. The van der Waals surface area contributed by atoms with Crippen molar-refractivity contribution in [3.63, 3.8) is 0 Å². The van der Waals surface area contributed by atoms with E-state index in [1.165, 1.54) is 25.7 Å². The summed E-state index contributed by atoms with van der Waals surface area (Å²) in [5.74, 6) is 1.14. The highest BCUT2D eigenvalue weighted by Crippen LogP contribution is 2.56. The van der Waals surface area contributed by atoms with Crippen LogP contribution in [0.3, 0.4) is 0 Å². The first kappa shape index (κ1) is 13.1. The molecule has 98 valence electrons. The maximum absolute atomic E-state index is 9.83. The van der Waals surface area contributed by atoms with Crippen molar-refractivity contribution >= 4 is 0 Å². The lowest BCUT2D eigenvalue weighted by atomic mass is 9.53. The van der Waals surface area contributed by atoms with Crippen LogP contribution in [0.4, 0.5) is 0 Å². The molecule has 17 heavy (non-hydrogen) atoms. The lowest BCUT2D eigenvalue weighted by Crippen LogP contribution is -2.44. The van der Waals surface area contributed by atoms with Crippen LogP contribution in [-0.4, -0.2) is 11.7 Å². The molecule has 0 bridgehead atoms. The minimum Gasteiger partial charge on any atom is -0.396 e. The van der Waals surface area contributed by atoms with E-state index < -0.39 is 0 Å². The third kappa shape index (κ3) is 1.87. The molecule has 0 heterocycles. The summed E-state index contributed by atoms with van der Waals surface area (Å²) < 4.78 is 0. The number of hydrogen-bond acceptors (Lipinski definition) is 1. The van der Waals surface area contributed by atoms with Crippen LogP contribution in [0.15, 0.2) is 11.1 Å². The van der Waals surface area contributed by atoms with Crippen molar-refractivity contribution in [3.05, 3.63) is 11.1 Å². The van der Waals surface area contributed by atoms with Gasteiger partial charge in [-0.1, -0.05) is 45.8 Å². The van der Waals surface area contributed by atoms with Gasteiger partial charge in [0.25, 0.3) is 0 Å². The summed E-state index contributed by atoms with van der Waals surface area (Å²) in [5.41, 5.74) is 3.82. The van der Waals surface area contributed by atoms with Crippen molar-refractivity contribution < 1.29 is 5.11 Å². The average Bonchev–Trinajstić information content (AvgIpc) is 2.24. The van der Waals surface area contributed by atoms with Crippen LogP contribution in [-0.2, 0) is 0 Å². The molecule has 0 saturated heterocycles. The van der Waals surface area contributed by atoms with Gasteiger partial charge >= 0.3 is 0 Å². The molecule has 3 unspecified atom stereocenters. The van der Waals surface area contributed by atoms with Crippen molar-refractivity contribution in [1.82, 2.24) is 0 Å². The third-order valence-electron chi connectivity index (χ3n) is 5.83. The fourth-order valence-corrected chi connectivity index (χ4v) is 4.25. The van der Waals surface area contributed by atoms with Crippen LogP contribution in [0.25, 0.3) is 0 Å². The number of aliphatic hydroxyl groups is 1. The maximum Gasteiger partial charge on any atom is 0.0493 e. The molecule has 0 aromatic carbocycles. The Labute approximate surface area is 106 Å². The Morgan fingerprint density at radius 1 is 1.24 bits per heavy atom. The van der Waals surface area contributed by atoms with Crippen LogP contribution in [0.1, 0.15) is 60.3 Å². The minimum atomic E-state index is 0.0768. The quantitative estimate of drug-likeness (QED) is 0.678. The number of hydrogen-bond donors (Lipinski definition) is 1. The molecule has 0 spiro atoms. The van der Waals surface area contributed by atoms with Gasteiger partial charge in [0, 0.05) is 6.61 Å². The van der Waals surface area contributed by atoms with Gasteiger partial charge in [0.2, 0.25) is 0 Å². The Balaban J connectivity index is 2.47. The topological polar surface area (TPSA) is 20.2 Å². The minimum absolute atomic E-state index is 0.0768. The SMILES string of the molecule is CC1CC2=C(C(C)C1(C)CO)C(C)(C)CCC2. The first-order valence-electron chi connectivity index (χ1n) is 7.16. The zero-order valence-corrected chi connectivity index (χ0v) is 12.1. The molecule has 0 aromatic heterocycles. The van der Waals surface area contributed by atoms with E-state index in [1.54, 1.807) is 11.1 Å². The summed E-state index contributed by atoms with van der Waals surface area (Å²) in [7, 11) is 0. The smallest absolute Gasteiger partial charge is 0.0493 e. The van der Waals surface area contributed by atoms with Crippen molar-refractivity contribution in [2.24, 2.45) is 22.7 Å². The van der Waals surface area contributed by atoms with Gasteiger partial charge < -0.3 is 5.11 Å². The summed E-state index contributed by atoms with van der Waals surface area (Å²) in [6, 6.07) is 0. The zero-order valence-electron chi connectivity index (χ0n) is 12.1. The van der Waals surface area contributed by atoms with Gasteiger partial charge in [0.15, 0.2) is 0 Å². The van der Waals surface area contributed by atoms with E-state index in [2.05, 4.69) is 34.6 Å². The van der Waals surface area contributed by atoms with Crippen LogP contribution in [0.5, 0.6) is 0 Å². The van der Waals surface area contributed by atoms with Gasteiger partial charge in [0.1, 0.15) is 0 Å². The van der Waals surface area contributed by atoms with Gasteiger partial charge in [-0.05, 0) is 48.3 Å². The molecule has 1 nitrogen and oxygen atoms in total. The molecule has 0 aromatic rings. The van der Waals surface area contributed by atoms with Gasteiger partial charge in [0.05, 0.1) is 0 Å². The van der Waals surface area contributed by atoms with Crippen LogP contribution < -0.4 is 0 Å². The molecule has 0 fully saturated rings. The summed E-state index contributed by atoms with van der Waals surface area (Å²) in [6.45, 7) is 12.0. The van der Waals surface area contributed by atoms with Crippen molar-refractivity contribution in [2.45, 2.75) is 60.3 Å². The number of rotatable bonds is 1. The Bertz CT molecular complexity index is 339. The maximum atomic E-state index is 9.83. The van der Waals surface area contributed by atoms with E-state index in [0.717, 1.165) is 0 Å². The zero-order chi connectivity index (χ0) is 12.8. The highest BCUT2D eigenvalue weighted by Gasteiger charge is 2.47. The second-order valence-electron chi connectivity index (χ2n) is 7.25. The second kappa shape index (κ2) is 4.12. The highest BCUT2D eigenvalue weighted by atomic mass is 16.3. The van der Waals surface area contributed by atoms with E-state index >= 15 is 0 Å². The molecule has 3 atom stereocenters. The van der Waals surface area contributed by atoms with E-state index in [9.17, 15) is 5.11 Å². The molecule has 0 saturated carbocycles. The molecule has 0 amide bonds. The van der Waals surface area contributed by atoms with Crippen molar-refractivity contribution in [1.29, 1.82) is 0 Å². The Morgan fingerprint density at radius 2 is 1.88 bits per heavy atom. The third-order valence-corrected chi connectivity index (χ3v) is 5.83. The normalized spacial score (nSPS) is 41.3. The fraction of sp³-hybridized carbons (Fsp3) is 0.875.